The lowest BCUT2D eigenvalue weighted by Crippen LogP contribution is -2.25. The lowest BCUT2D eigenvalue weighted by Gasteiger charge is -2.14. The van der Waals surface area contributed by atoms with Crippen LogP contribution in [-0.4, -0.2) is 18.1 Å². The molecule has 0 aliphatic heterocycles. The molecular formula is C15H26N2O. The van der Waals surface area contributed by atoms with E-state index in [1.165, 1.54) is 32.1 Å². The minimum Gasteiger partial charge on any atom is -0.481 e. The Morgan fingerprint density at radius 2 is 2.17 bits per heavy atom. The smallest absolute Gasteiger partial charge is 0.217 e. The summed E-state index contributed by atoms with van der Waals surface area (Å²) in [6.07, 6.45) is 8.31. The van der Waals surface area contributed by atoms with Gasteiger partial charge in [-0.15, -0.1) is 0 Å². The molecule has 1 N–H and O–H groups in total. The van der Waals surface area contributed by atoms with E-state index in [0.717, 1.165) is 18.0 Å². The SMILES string of the molecule is CCCCCCC(C)NCc1cccnc1OC. The third-order valence-electron chi connectivity index (χ3n) is 3.17. The van der Waals surface area contributed by atoms with E-state index >= 15 is 0 Å². The zero-order valence-corrected chi connectivity index (χ0v) is 11.9. The molecular weight excluding hydrogens is 224 g/mol. The first-order valence-corrected chi connectivity index (χ1v) is 6.99. The minimum atomic E-state index is 0.548. The van der Waals surface area contributed by atoms with Gasteiger partial charge in [-0.3, -0.25) is 0 Å². The highest BCUT2D eigenvalue weighted by molar-refractivity contribution is 5.25. The Bertz CT molecular complexity index is 328. The average molecular weight is 250 g/mol. The van der Waals surface area contributed by atoms with Gasteiger partial charge in [0.05, 0.1) is 7.11 Å². The highest BCUT2D eigenvalue weighted by Crippen LogP contribution is 2.13. The second-order valence-corrected chi connectivity index (χ2v) is 4.80. The Kier molecular flexibility index (Phi) is 7.42. The summed E-state index contributed by atoms with van der Waals surface area (Å²) in [5.41, 5.74) is 1.13. The van der Waals surface area contributed by atoms with Crippen molar-refractivity contribution in [2.45, 2.75) is 58.5 Å². The third-order valence-corrected chi connectivity index (χ3v) is 3.17. The summed E-state index contributed by atoms with van der Waals surface area (Å²) in [6.45, 7) is 5.32. The highest BCUT2D eigenvalue weighted by atomic mass is 16.5. The molecule has 0 aromatic carbocycles. The molecule has 1 aromatic heterocycles. The van der Waals surface area contributed by atoms with Crippen molar-refractivity contribution in [3.05, 3.63) is 23.9 Å². The fourth-order valence-corrected chi connectivity index (χ4v) is 2.01. The van der Waals surface area contributed by atoms with Crippen molar-refractivity contribution in [3.63, 3.8) is 0 Å². The number of aromatic nitrogens is 1. The fourth-order valence-electron chi connectivity index (χ4n) is 2.01. The second kappa shape index (κ2) is 8.92. The van der Waals surface area contributed by atoms with Crippen LogP contribution in [-0.2, 0) is 6.54 Å². The van der Waals surface area contributed by atoms with Crippen molar-refractivity contribution in [1.29, 1.82) is 0 Å². The number of nitrogens with zero attached hydrogens (tertiary/aromatic N) is 1. The van der Waals surface area contributed by atoms with Crippen LogP contribution in [0.1, 0.15) is 51.5 Å². The van der Waals surface area contributed by atoms with Gasteiger partial charge in [0.1, 0.15) is 0 Å². The van der Waals surface area contributed by atoms with Crippen molar-refractivity contribution in [3.8, 4) is 5.88 Å². The maximum absolute atomic E-state index is 5.24. The number of rotatable bonds is 9. The maximum Gasteiger partial charge on any atom is 0.217 e. The lowest BCUT2D eigenvalue weighted by atomic mass is 10.1. The molecule has 1 atom stereocenters. The van der Waals surface area contributed by atoms with Crippen molar-refractivity contribution in [1.82, 2.24) is 10.3 Å². The van der Waals surface area contributed by atoms with Crippen molar-refractivity contribution in [2.75, 3.05) is 7.11 Å². The van der Waals surface area contributed by atoms with Crippen molar-refractivity contribution < 1.29 is 4.74 Å². The first-order chi connectivity index (χ1) is 8.77. The van der Waals surface area contributed by atoms with E-state index in [-0.39, 0.29) is 0 Å². The van der Waals surface area contributed by atoms with Gasteiger partial charge in [0, 0.05) is 24.3 Å². The average Bonchev–Trinajstić information content (AvgIpc) is 2.41. The van der Waals surface area contributed by atoms with Gasteiger partial charge in [-0.25, -0.2) is 4.98 Å². The molecule has 18 heavy (non-hydrogen) atoms. The molecule has 0 fully saturated rings. The van der Waals surface area contributed by atoms with Gasteiger partial charge in [-0.2, -0.15) is 0 Å². The van der Waals surface area contributed by atoms with Crippen molar-refractivity contribution >= 4 is 0 Å². The van der Waals surface area contributed by atoms with E-state index in [1.54, 1.807) is 13.3 Å². The number of unbranched alkanes of at least 4 members (excludes halogenated alkanes) is 3. The number of pyridine rings is 1. The Hall–Kier alpha value is -1.09. The van der Waals surface area contributed by atoms with E-state index in [0.29, 0.717) is 6.04 Å². The number of methoxy groups -OCH3 is 1. The zero-order valence-electron chi connectivity index (χ0n) is 11.9. The Labute approximate surface area is 111 Å². The van der Waals surface area contributed by atoms with E-state index in [2.05, 4.69) is 30.2 Å². The van der Waals surface area contributed by atoms with E-state index in [9.17, 15) is 0 Å². The summed E-state index contributed by atoms with van der Waals surface area (Å²) in [6, 6.07) is 4.56. The number of hydrogen-bond acceptors (Lipinski definition) is 3. The molecule has 0 saturated carbocycles. The van der Waals surface area contributed by atoms with Gasteiger partial charge >= 0.3 is 0 Å². The maximum atomic E-state index is 5.24. The summed E-state index contributed by atoms with van der Waals surface area (Å²) in [5.74, 6) is 0.725. The van der Waals surface area contributed by atoms with Gasteiger partial charge in [0.25, 0.3) is 0 Å². The third kappa shape index (κ3) is 5.50. The van der Waals surface area contributed by atoms with Gasteiger partial charge < -0.3 is 10.1 Å². The highest BCUT2D eigenvalue weighted by Gasteiger charge is 2.05. The Morgan fingerprint density at radius 1 is 1.33 bits per heavy atom. The summed E-state index contributed by atoms with van der Waals surface area (Å²) >= 11 is 0. The Balaban J connectivity index is 2.26. The molecule has 1 heterocycles. The predicted octanol–water partition coefficient (Wildman–Crippen LogP) is 3.54. The summed E-state index contributed by atoms with van der Waals surface area (Å²) in [4.78, 5) is 4.20. The molecule has 0 amide bonds. The lowest BCUT2D eigenvalue weighted by molar-refractivity contribution is 0.387. The monoisotopic (exact) mass is 250 g/mol. The molecule has 0 aliphatic rings. The number of ether oxygens (including phenoxy) is 1. The van der Waals surface area contributed by atoms with E-state index in [4.69, 9.17) is 4.74 Å². The second-order valence-electron chi connectivity index (χ2n) is 4.80. The van der Waals surface area contributed by atoms with Gasteiger partial charge in [0.2, 0.25) is 5.88 Å². The molecule has 3 nitrogen and oxygen atoms in total. The topological polar surface area (TPSA) is 34.2 Å². The first kappa shape index (κ1) is 15.0. The Morgan fingerprint density at radius 3 is 2.89 bits per heavy atom. The van der Waals surface area contributed by atoms with Crippen LogP contribution in [0.4, 0.5) is 0 Å². The largest absolute Gasteiger partial charge is 0.481 e. The molecule has 1 unspecified atom stereocenters. The molecule has 0 aliphatic carbocycles. The first-order valence-electron chi connectivity index (χ1n) is 6.99. The van der Waals surface area contributed by atoms with Crippen LogP contribution in [0.5, 0.6) is 5.88 Å². The van der Waals surface area contributed by atoms with E-state index in [1.807, 2.05) is 6.07 Å². The molecule has 0 spiro atoms. The molecule has 0 saturated heterocycles. The summed E-state index contributed by atoms with van der Waals surface area (Å²) in [7, 11) is 1.67. The molecule has 1 aromatic rings. The van der Waals surface area contributed by atoms with Crippen LogP contribution in [0, 0.1) is 0 Å². The summed E-state index contributed by atoms with van der Waals surface area (Å²) < 4.78 is 5.24. The van der Waals surface area contributed by atoms with Crippen LogP contribution in [0.15, 0.2) is 18.3 Å². The standard InChI is InChI=1S/C15H26N2O/c1-4-5-6-7-9-13(2)17-12-14-10-8-11-16-15(14)18-3/h8,10-11,13,17H,4-7,9,12H2,1-3H3. The predicted molar refractivity (Wildman–Crippen MR) is 75.8 cm³/mol. The summed E-state index contributed by atoms with van der Waals surface area (Å²) in [5, 5.41) is 3.53. The molecule has 102 valence electrons. The van der Waals surface area contributed by atoms with Crippen LogP contribution >= 0.6 is 0 Å². The number of hydrogen-bond donors (Lipinski definition) is 1. The molecule has 0 bridgehead atoms. The van der Waals surface area contributed by atoms with Crippen LogP contribution in [0.3, 0.4) is 0 Å². The van der Waals surface area contributed by atoms with Gasteiger partial charge in [-0.1, -0.05) is 38.7 Å². The van der Waals surface area contributed by atoms with Crippen molar-refractivity contribution in [2.24, 2.45) is 0 Å². The zero-order chi connectivity index (χ0) is 13.2. The minimum absolute atomic E-state index is 0.548. The molecule has 0 radical (unpaired) electrons. The van der Waals surface area contributed by atoms with Crippen LogP contribution in [0.25, 0.3) is 0 Å². The van der Waals surface area contributed by atoms with E-state index < -0.39 is 0 Å². The van der Waals surface area contributed by atoms with Crippen LogP contribution in [0.2, 0.25) is 0 Å². The fraction of sp³-hybridized carbons (Fsp3) is 0.667. The van der Waals surface area contributed by atoms with Crippen LogP contribution < -0.4 is 10.1 Å². The molecule has 3 heteroatoms. The molecule has 1 rings (SSSR count). The number of nitrogens with one attached hydrogen (secondary N) is 1. The van der Waals surface area contributed by atoms with Gasteiger partial charge in [0.15, 0.2) is 0 Å². The van der Waals surface area contributed by atoms with Gasteiger partial charge in [-0.05, 0) is 19.4 Å². The normalized spacial score (nSPS) is 12.4. The quantitative estimate of drug-likeness (QED) is 0.681.